The first-order valence-corrected chi connectivity index (χ1v) is 8.93. The minimum atomic E-state index is -0.402. The van der Waals surface area contributed by atoms with E-state index in [0.717, 1.165) is 16.1 Å². The Bertz CT molecular complexity index is 971. The highest BCUT2D eigenvalue weighted by atomic mass is 35.5. The Kier molecular flexibility index (Phi) is 3.78. The van der Waals surface area contributed by atoms with Crippen molar-refractivity contribution in [3.8, 4) is 0 Å². The maximum atomic E-state index is 12.6. The fourth-order valence-corrected chi connectivity index (χ4v) is 3.26. The Hall–Kier alpha value is -2.31. The van der Waals surface area contributed by atoms with Gasteiger partial charge in [0.15, 0.2) is 11.3 Å². The first-order chi connectivity index (χ1) is 11.7. The van der Waals surface area contributed by atoms with Gasteiger partial charge in [-0.1, -0.05) is 53.7 Å². The lowest BCUT2D eigenvalue weighted by Crippen LogP contribution is -2.50. The van der Waals surface area contributed by atoms with E-state index in [4.69, 9.17) is 16.6 Å². The minimum Gasteiger partial charge on any atom is -0.298 e. The van der Waals surface area contributed by atoms with Crippen molar-refractivity contribution in [1.82, 2.24) is 10.3 Å². The molecule has 0 saturated heterocycles. The molecule has 0 aromatic heterocycles. The van der Waals surface area contributed by atoms with Gasteiger partial charge in [-0.05, 0) is 30.0 Å². The highest BCUT2D eigenvalue weighted by Crippen LogP contribution is 2.30. The summed E-state index contributed by atoms with van der Waals surface area (Å²) in [7, 11) is 0. The van der Waals surface area contributed by atoms with E-state index in [0.29, 0.717) is 15.9 Å². The number of amides is 1. The average Bonchev–Trinajstić information content (AvgIpc) is 2.61. The van der Waals surface area contributed by atoms with Crippen LogP contribution in [0.5, 0.6) is 0 Å². The highest BCUT2D eigenvalue weighted by molar-refractivity contribution is 8.13. The highest BCUT2D eigenvalue weighted by Gasteiger charge is 2.33. The minimum absolute atomic E-state index is 0.171. The molecule has 7 heteroatoms. The second-order valence-corrected chi connectivity index (χ2v) is 6.56. The number of benzene rings is 2. The van der Waals surface area contributed by atoms with Crippen molar-refractivity contribution >= 4 is 40.1 Å². The molecule has 1 unspecified atom stereocenters. The van der Waals surface area contributed by atoms with Crippen LogP contribution in [0.15, 0.2) is 58.6 Å². The van der Waals surface area contributed by atoms with Gasteiger partial charge in [0.25, 0.3) is 5.91 Å². The lowest BCUT2D eigenvalue weighted by Gasteiger charge is -2.33. The van der Waals surface area contributed by atoms with Crippen LogP contribution in [0, 0.1) is 0 Å². The summed E-state index contributed by atoms with van der Waals surface area (Å²) in [5, 5.41) is 11.8. The smallest absolute Gasteiger partial charge is 0.276 e. The van der Waals surface area contributed by atoms with Crippen molar-refractivity contribution < 1.29 is 4.79 Å². The van der Waals surface area contributed by atoms with E-state index in [9.17, 15) is 4.79 Å². The zero-order valence-corrected chi connectivity index (χ0v) is 14.3. The third-order valence-electron chi connectivity index (χ3n) is 3.88. The van der Waals surface area contributed by atoms with E-state index in [2.05, 4.69) is 10.4 Å². The van der Waals surface area contributed by atoms with E-state index < -0.39 is 6.17 Å². The number of thioether (sulfide) groups is 1. The fraction of sp³-hybridized carbons (Fsp3) is 0.118. The average molecular weight is 357 g/mol. The van der Waals surface area contributed by atoms with Gasteiger partial charge in [-0.15, -0.1) is 5.10 Å². The third-order valence-corrected chi connectivity index (χ3v) is 4.70. The first-order valence-electron chi connectivity index (χ1n) is 7.33. The number of carbonyl (C=O) groups excluding carboxylic acids is 1. The molecule has 1 atom stereocenters. The number of halogens is 1. The molecule has 0 radical (unpaired) electrons. The predicted octanol–water partition coefficient (Wildman–Crippen LogP) is 1.85. The standard InChI is InChI=1S/C17H13ClN4OS/c1-24-17-20-16(23)14-12-4-2-3-5-13(12)19-15(22(14)21-17)10-6-8-11(18)9-7-10/h2-9,15H,1H3,(H,20,21,23). The summed E-state index contributed by atoms with van der Waals surface area (Å²) in [4.78, 5) is 17.4. The van der Waals surface area contributed by atoms with Crippen molar-refractivity contribution in [2.24, 2.45) is 10.1 Å². The largest absolute Gasteiger partial charge is 0.298 e. The summed E-state index contributed by atoms with van der Waals surface area (Å²) >= 11 is 7.38. The number of hydrogen-bond donors (Lipinski definition) is 1. The molecule has 0 bridgehead atoms. The summed E-state index contributed by atoms with van der Waals surface area (Å²) in [6, 6.07) is 15.0. The quantitative estimate of drug-likeness (QED) is 0.848. The van der Waals surface area contributed by atoms with Crippen molar-refractivity contribution in [3.05, 3.63) is 69.7 Å². The molecule has 2 heterocycles. The molecule has 1 amide bonds. The van der Waals surface area contributed by atoms with Crippen LogP contribution in [0.4, 0.5) is 0 Å². The third kappa shape index (κ3) is 2.48. The van der Waals surface area contributed by atoms with Crippen molar-refractivity contribution in [2.75, 3.05) is 6.26 Å². The molecule has 2 aliphatic heterocycles. The number of para-hydroxylation sites is 1. The molecule has 2 aromatic rings. The van der Waals surface area contributed by atoms with E-state index in [1.165, 1.54) is 11.8 Å². The van der Waals surface area contributed by atoms with Gasteiger partial charge in [0.1, 0.15) is 5.70 Å². The van der Waals surface area contributed by atoms with Gasteiger partial charge in [0.05, 0.1) is 5.36 Å². The van der Waals surface area contributed by atoms with Crippen LogP contribution in [0.3, 0.4) is 0 Å². The predicted molar refractivity (Wildman–Crippen MR) is 95.8 cm³/mol. The van der Waals surface area contributed by atoms with Crippen LogP contribution >= 0.6 is 23.4 Å². The van der Waals surface area contributed by atoms with Crippen LogP contribution in [-0.4, -0.2) is 22.3 Å². The van der Waals surface area contributed by atoms with Crippen molar-refractivity contribution in [2.45, 2.75) is 6.17 Å². The van der Waals surface area contributed by atoms with Crippen LogP contribution in [0.25, 0.3) is 5.70 Å². The molecule has 24 heavy (non-hydrogen) atoms. The Morgan fingerprint density at radius 3 is 2.67 bits per heavy atom. The number of nitrogens with zero attached hydrogens (tertiary/aromatic N) is 3. The topological polar surface area (TPSA) is 57.1 Å². The molecule has 2 aliphatic rings. The van der Waals surface area contributed by atoms with Gasteiger partial charge in [-0.3, -0.25) is 15.1 Å². The molecule has 120 valence electrons. The first kappa shape index (κ1) is 15.2. The summed E-state index contributed by atoms with van der Waals surface area (Å²) in [5.41, 5.74) is 1.43. The number of carbonyl (C=O) groups is 1. The number of nitrogens with one attached hydrogen (secondary N) is 1. The maximum absolute atomic E-state index is 12.6. The molecule has 2 aromatic carbocycles. The summed E-state index contributed by atoms with van der Waals surface area (Å²) in [5.74, 6) is -0.171. The fourth-order valence-electron chi connectivity index (χ4n) is 2.77. The van der Waals surface area contributed by atoms with Gasteiger partial charge >= 0.3 is 0 Å². The zero-order chi connectivity index (χ0) is 16.7. The summed E-state index contributed by atoms with van der Waals surface area (Å²) < 4.78 is 0. The zero-order valence-electron chi connectivity index (χ0n) is 12.7. The lowest BCUT2D eigenvalue weighted by molar-refractivity contribution is -0.116. The number of rotatable bonds is 1. The Labute approximate surface area is 147 Å². The molecule has 0 fully saturated rings. The Balaban J connectivity index is 1.97. The monoisotopic (exact) mass is 356 g/mol. The molecule has 0 aliphatic carbocycles. The summed E-state index contributed by atoms with van der Waals surface area (Å²) in [6.07, 6.45) is 1.47. The number of hydrazone groups is 1. The van der Waals surface area contributed by atoms with E-state index >= 15 is 0 Å². The second-order valence-electron chi connectivity index (χ2n) is 5.33. The molecule has 5 nitrogen and oxygen atoms in total. The van der Waals surface area contributed by atoms with Gasteiger partial charge in [0, 0.05) is 10.2 Å². The van der Waals surface area contributed by atoms with E-state index in [-0.39, 0.29) is 5.91 Å². The van der Waals surface area contributed by atoms with Crippen LogP contribution < -0.4 is 15.9 Å². The molecular formula is C17H13ClN4OS. The molecule has 0 saturated carbocycles. The van der Waals surface area contributed by atoms with Gasteiger partial charge in [-0.2, -0.15) is 0 Å². The molecule has 0 spiro atoms. The number of hydrogen-bond acceptors (Lipinski definition) is 5. The lowest BCUT2D eigenvalue weighted by atomic mass is 10.1. The van der Waals surface area contributed by atoms with Gasteiger partial charge in [-0.25, -0.2) is 5.01 Å². The van der Waals surface area contributed by atoms with Crippen LogP contribution in [-0.2, 0) is 4.79 Å². The van der Waals surface area contributed by atoms with Crippen LogP contribution in [0.2, 0.25) is 5.02 Å². The van der Waals surface area contributed by atoms with E-state index in [1.807, 2.05) is 54.8 Å². The number of amidine groups is 1. The Morgan fingerprint density at radius 1 is 1.17 bits per heavy atom. The number of fused-ring (bicyclic) bond motifs is 2. The van der Waals surface area contributed by atoms with Crippen molar-refractivity contribution in [1.29, 1.82) is 0 Å². The second kappa shape index (κ2) is 5.96. The maximum Gasteiger partial charge on any atom is 0.276 e. The molecule has 4 rings (SSSR count). The SMILES string of the molecule is CSC1=NN2C(=c3ccccc3=NC2c2ccc(Cl)cc2)C(=O)N1. The molecule has 1 N–H and O–H groups in total. The van der Waals surface area contributed by atoms with E-state index in [1.54, 1.807) is 5.01 Å². The molecular weight excluding hydrogens is 344 g/mol. The van der Waals surface area contributed by atoms with Crippen molar-refractivity contribution in [3.63, 3.8) is 0 Å². The van der Waals surface area contributed by atoms with Crippen LogP contribution in [0.1, 0.15) is 11.7 Å². The normalized spacial score (nSPS) is 19.0. The van der Waals surface area contributed by atoms with Gasteiger partial charge in [0.2, 0.25) is 0 Å². The summed E-state index contributed by atoms with van der Waals surface area (Å²) in [6.45, 7) is 0. The van der Waals surface area contributed by atoms with Gasteiger partial charge < -0.3 is 0 Å². The Morgan fingerprint density at radius 2 is 1.92 bits per heavy atom.